The molecule has 0 spiro atoms. The van der Waals surface area contributed by atoms with Gasteiger partial charge in [-0.1, -0.05) is 19.3 Å². The molecule has 162 valence electrons. The summed E-state index contributed by atoms with van der Waals surface area (Å²) in [5.74, 6) is 0.811. The van der Waals surface area contributed by atoms with Crippen LogP contribution in [0.25, 0.3) is 0 Å². The minimum atomic E-state index is -3.52. The van der Waals surface area contributed by atoms with Crippen LogP contribution in [0.2, 0.25) is 0 Å². The summed E-state index contributed by atoms with van der Waals surface area (Å²) in [6.07, 6.45) is 5.86. The van der Waals surface area contributed by atoms with Crippen LogP contribution in [-0.2, 0) is 14.8 Å². The van der Waals surface area contributed by atoms with Crippen LogP contribution in [0.15, 0.2) is 29.2 Å². The summed E-state index contributed by atoms with van der Waals surface area (Å²) < 4.78 is 32.5. The van der Waals surface area contributed by atoms with Crippen LogP contribution in [0.4, 0.5) is 0 Å². The third-order valence-corrected chi connectivity index (χ3v) is 8.43. The molecule has 1 aliphatic heterocycles. The molecule has 1 aromatic carbocycles. The minimum absolute atomic E-state index is 0.146. The lowest BCUT2D eigenvalue weighted by Crippen LogP contribution is -3.19. The van der Waals surface area contributed by atoms with Crippen molar-refractivity contribution in [2.45, 2.75) is 56.0 Å². The van der Waals surface area contributed by atoms with Crippen molar-refractivity contribution in [2.75, 3.05) is 40.3 Å². The second-order valence-electron chi connectivity index (χ2n) is 8.20. The Morgan fingerprint density at radius 1 is 1.14 bits per heavy atom. The number of piperazine rings is 1. The van der Waals surface area contributed by atoms with Crippen LogP contribution < -0.4 is 9.64 Å². The highest BCUT2D eigenvalue weighted by Crippen LogP contribution is 2.22. The zero-order valence-electron chi connectivity index (χ0n) is 17.8. The third kappa shape index (κ3) is 4.92. The number of carbonyl (C=O) groups is 1. The lowest BCUT2D eigenvalue weighted by Gasteiger charge is -2.37. The molecule has 1 atom stereocenters. The fourth-order valence-corrected chi connectivity index (χ4v) is 5.91. The van der Waals surface area contributed by atoms with Crippen molar-refractivity contribution in [3.63, 3.8) is 0 Å². The fourth-order valence-electron chi connectivity index (χ4n) is 4.47. The first-order valence-electron chi connectivity index (χ1n) is 10.6. The number of hydrogen-bond donors (Lipinski definition) is 1. The Bertz CT molecular complexity index is 783. The average molecular weight is 425 g/mol. The van der Waals surface area contributed by atoms with Gasteiger partial charge in [-0.2, -0.15) is 4.31 Å². The molecule has 7 nitrogen and oxygen atoms in total. The number of carbonyl (C=O) groups excluding carboxylic acids is 1. The SMILES string of the molecule is COc1ccc(S(=O)(=O)N2CC[NH+]([C@@H](C)C(=O)N(C)C3CCCCC3)CC2)cc1. The number of rotatable bonds is 6. The molecule has 2 fully saturated rings. The third-order valence-electron chi connectivity index (χ3n) is 6.51. The van der Waals surface area contributed by atoms with E-state index in [1.807, 2.05) is 18.9 Å². The van der Waals surface area contributed by atoms with Crippen LogP contribution in [-0.4, -0.2) is 76.0 Å². The first-order chi connectivity index (χ1) is 13.8. The molecule has 0 aromatic heterocycles. The lowest BCUT2D eigenvalue weighted by molar-refractivity contribution is -0.918. The summed E-state index contributed by atoms with van der Waals surface area (Å²) in [5.41, 5.74) is 0. The maximum Gasteiger partial charge on any atom is 0.280 e. The second kappa shape index (κ2) is 9.45. The molecule has 1 heterocycles. The number of nitrogens with zero attached hydrogens (tertiary/aromatic N) is 2. The number of ether oxygens (including phenoxy) is 1. The summed E-state index contributed by atoms with van der Waals surface area (Å²) >= 11 is 0. The summed E-state index contributed by atoms with van der Waals surface area (Å²) in [6, 6.07) is 6.70. The molecule has 1 N–H and O–H groups in total. The summed E-state index contributed by atoms with van der Waals surface area (Å²) in [7, 11) is -0.0363. The highest BCUT2D eigenvalue weighted by atomic mass is 32.2. The fraction of sp³-hybridized carbons (Fsp3) is 0.667. The maximum atomic E-state index is 13.0. The molecular formula is C21H34N3O4S+. The van der Waals surface area contributed by atoms with Gasteiger partial charge in [0, 0.05) is 13.1 Å². The van der Waals surface area contributed by atoms with Gasteiger partial charge in [-0.25, -0.2) is 8.42 Å². The van der Waals surface area contributed by atoms with Gasteiger partial charge >= 0.3 is 0 Å². The van der Waals surface area contributed by atoms with Gasteiger partial charge in [0.25, 0.3) is 5.91 Å². The van der Waals surface area contributed by atoms with Crippen molar-refractivity contribution in [3.8, 4) is 5.75 Å². The molecule has 2 aliphatic rings. The van der Waals surface area contributed by atoms with Crippen LogP contribution in [0.1, 0.15) is 39.0 Å². The first kappa shape index (κ1) is 22.1. The molecule has 29 heavy (non-hydrogen) atoms. The minimum Gasteiger partial charge on any atom is -0.497 e. The van der Waals surface area contributed by atoms with Gasteiger partial charge < -0.3 is 14.5 Å². The van der Waals surface area contributed by atoms with E-state index < -0.39 is 10.0 Å². The Morgan fingerprint density at radius 2 is 1.72 bits per heavy atom. The number of quaternary nitrogens is 1. The largest absolute Gasteiger partial charge is 0.497 e. The molecule has 1 saturated carbocycles. The van der Waals surface area contributed by atoms with Gasteiger partial charge in [0.15, 0.2) is 6.04 Å². The molecule has 0 bridgehead atoms. The number of amides is 1. The molecule has 1 saturated heterocycles. The zero-order valence-corrected chi connectivity index (χ0v) is 18.6. The topological polar surface area (TPSA) is 71.4 Å². The van der Waals surface area contributed by atoms with E-state index in [4.69, 9.17) is 4.74 Å². The van der Waals surface area contributed by atoms with E-state index in [-0.39, 0.29) is 16.8 Å². The summed E-state index contributed by atoms with van der Waals surface area (Å²) in [5, 5.41) is 0. The van der Waals surface area contributed by atoms with Crippen LogP contribution in [0, 0.1) is 0 Å². The van der Waals surface area contributed by atoms with Gasteiger partial charge in [0.05, 0.1) is 38.2 Å². The van der Waals surface area contributed by atoms with Crippen LogP contribution in [0.3, 0.4) is 0 Å². The Labute approximate surface area is 174 Å². The van der Waals surface area contributed by atoms with Crippen molar-refractivity contribution in [1.82, 2.24) is 9.21 Å². The van der Waals surface area contributed by atoms with E-state index in [0.29, 0.717) is 38.0 Å². The molecule has 0 radical (unpaired) electrons. The summed E-state index contributed by atoms with van der Waals surface area (Å²) in [4.78, 5) is 16.4. The highest BCUT2D eigenvalue weighted by Gasteiger charge is 2.36. The molecule has 0 unspecified atom stereocenters. The van der Waals surface area contributed by atoms with Gasteiger partial charge in [-0.15, -0.1) is 0 Å². The van der Waals surface area contributed by atoms with E-state index >= 15 is 0 Å². The van der Waals surface area contributed by atoms with E-state index in [0.717, 1.165) is 12.8 Å². The first-order valence-corrected chi connectivity index (χ1v) is 12.0. The normalized spacial score (nSPS) is 20.9. The van der Waals surface area contributed by atoms with E-state index in [2.05, 4.69) is 0 Å². The predicted molar refractivity (Wildman–Crippen MR) is 112 cm³/mol. The monoisotopic (exact) mass is 424 g/mol. The predicted octanol–water partition coefficient (Wildman–Crippen LogP) is 0.764. The maximum absolute atomic E-state index is 13.0. The molecule has 8 heteroatoms. The van der Waals surface area contributed by atoms with Crippen molar-refractivity contribution < 1.29 is 22.8 Å². The standard InChI is InChI=1S/C21H33N3O4S/c1-17(21(25)22(2)18-7-5-4-6-8-18)23-13-15-24(16-14-23)29(26,27)20-11-9-19(28-3)10-12-20/h9-12,17-18H,4-8,13-16H2,1-3H3/p+1/t17-/m0/s1. The van der Waals surface area contributed by atoms with Crippen molar-refractivity contribution in [3.05, 3.63) is 24.3 Å². The number of nitrogens with one attached hydrogen (secondary N) is 1. The lowest BCUT2D eigenvalue weighted by atomic mass is 9.94. The van der Waals surface area contributed by atoms with E-state index in [1.165, 1.54) is 28.5 Å². The Balaban J connectivity index is 1.58. The van der Waals surface area contributed by atoms with Crippen molar-refractivity contribution in [2.24, 2.45) is 0 Å². The Kier molecular flexibility index (Phi) is 7.19. The zero-order chi connectivity index (χ0) is 21.0. The number of benzene rings is 1. The van der Waals surface area contributed by atoms with Crippen molar-refractivity contribution in [1.29, 1.82) is 0 Å². The van der Waals surface area contributed by atoms with Crippen LogP contribution in [0.5, 0.6) is 5.75 Å². The number of likely N-dealkylation sites (N-methyl/N-ethyl adjacent to an activating group) is 1. The van der Waals surface area contributed by atoms with Gasteiger partial charge in [0.1, 0.15) is 5.75 Å². The summed E-state index contributed by atoms with van der Waals surface area (Å²) in [6.45, 7) is 4.11. The Morgan fingerprint density at radius 3 is 2.28 bits per heavy atom. The number of methoxy groups -OCH3 is 1. The molecular weight excluding hydrogens is 390 g/mol. The molecule has 1 aliphatic carbocycles. The second-order valence-corrected chi connectivity index (χ2v) is 10.1. The number of hydrogen-bond acceptors (Lipinski definition) is 4. The molecule has 1 amide bonds. The molecule has 3 rings (SSSR count). The highest BCUT2D eigenvalue weighted by molar-refractivity contribution is 7.89. The van der Waals surface area contributed by atoms with E-state index in [9.17, 15) is 13.2 Å². The van der Waals surface area contributed by atoms with E-state index in [1.54, 1.807) is 31.4 Å². The number of sulfonamides is 1. The smallest absolute Gasteiger partial charge is 0.280 e. The molecule has 1 aromatic rings. The average Bonchev–Trinajstić information content (AvgIpc) is 2.78. The van der Waals surface area contributed by atoms with Crippen LogP contribution >= 0.6 is 0 Å². The Hall–Kier alpha value is -1.64. The van der Waals surface area contributed by atoms with Gasteiger partial charge in [-0.05, 0) is 44.0 Å². The van der Waals surface area contributed by atoms with Gasteiger partial charge in [-0.3, -0.25) is 4.79 Å². The quantitative estimate of drug-likeness (QED) is 0.732. The van der Waals surface area contributed by atoms with Crippen molar-refractivity contribution >= 4 is 15.9 Å². The van der Waals surface area contributed by atoms with Gasteiger partial charge in [0.2, 0.25) is 10.0 Å².